The summed E-state index contributed by atoms with van der Waals surface area (Å²) in [5.41, 5.74) is 0. The van der Waals surface area contributed by atoms with Crippen molar-refractivity contribution in [3.8, 4) is 0 Å². The summed E-state index contributed by atoms with van der Waals surface area (Å²) in [4.78, 5) is 0. The Labute approximate surface area is 150 Å². The zero-order valence-electron chi connectivity index (χ0n) is 15.2. The zero-order valence-corrected chi connectivity index (χ0v) is 17.0. The van der Waals surface area contributed by atoms with E-state index >= 15 is 0 Å². The summed E-state index contributed by atoms with van der Waals surface area (Å²) in [5.74, 6) is 4.80. The summed E-state index contributed by atoms with van der Waals surface area (Å²) in [6.07, 6.45) is 13.2. The highest BCUT2D eigenvalue weighted by Crippen LogP contribution is 2.61. The van der Waals surface area contributed by atoms with Crippen LogP contribution < -0.4 is 4.72 Å². The second kappa shape index (κ2) is 9.64. The van der Waals surface area contributed by atoms with E-state index in [9.17, 15) is 0 Å². The minimum atomic E-state index is 0.391. The van der Waals surface area contributed by atoms with Crippen LogP contribution in [0.3, 0.4) is 0 Å². The lowest BCUT2D eigenvalue weighted by Crippen LogP contribution is -2.45. The lowest BCUT2D eigenvalue weighted by Gasteiger charge is -2.46. The average molecular weight is 354 g/mol. The molecule has 0 radical (unpaired) electrons. The van der Waals surface area contributed by atoms with Gasteiger partial charge in [-0.1, -0.05) is 78.5 Å². The summed E-state index contributed by atoms with van der Waals surface area (Å²) < 4.78 is 3.68. The third kappa shape index (κ3) is 4.65. The quantitative estimate of drug-likeness (QED) is 0.212. The number of unbranched alkanes of at least 4 members (excludes halogenated alkanes) is 1. The molecule has 1 nitrogen and oxygen atoms in total. The summed E-state index contributed by atoms with van der Waals surface area (Å²) in [7, 11) is 0.858. The second-order valence-electron chi connectivity index (χ2n) is 7.32. The highest BCUT2D eigenvalue weighted by molar-refractivity contribution is 7.98. The van der Waals surface area contributed by atoms with Crippen LogP contribution in [0.1, 0.15) is 65.2 Å². The lowest BCUT2D eigenvalue weighted by atomic mass is 9.77. The van der Waals surface area contributed by atoms with Gasteiger partial charge >= 0.3 is 0 Å². The van der Waals surface area contributed by atoms with Crippen LogP contribution in [-0.2, 0) is 0 Å². The predicted octanol–water partition coefficient (Wildman–Crippen LogP) is 6.38. The van der Waals surface area contributed by atoms with Crippen LogP contribution in [0.25, 0.3) is 0 Å². The number of fused-ring (bicyclic) bond motifs is 1. The van der Waals surface area contributed by atoms with Gasteiger partial charge in [0.05, 0.1) is 0 Å². The molecular weight excluding hydrogens is 317 g/mol. The smallest absolute Gasteiger partial charge is 0.0292 e. The highest BCUT2D eigenvalue weighted by Gasteiger charge is 2.53. The average Bonchev–Trinajstić information content (AvgIpc) is 3.29. The third-order valence-electron chi connectivity index (χ3n) is 5.88. The first-order valence-corrected chi connectivity index (χ1v) is 11.6. The molecule has 0 aromatic heterocycles. The summed E-state index contributed by atoms with van der Waals surface area (Å²) >= 11 is 2.02. The van der Waals surface area contributed by atoms with Gasteiger partial charge < -0.3 is 0 Å². The maximum absolute atomic E-state index is 4.28. The Morgan fingerprint density at radius 1 is 1.35 bits per heavy atom. The molecule has 1 N–H and O–H groups in total. The predicted molar refractivity (Wildman–Crippen MR) is 110 cm³/mol. The van der Waals surface area contributed by atoms with Gasteiger partial charge in [-0.2, -0.15) is 0 Å². The number of nitrogens with one attached hydrogen (secondary N) is 1. The SMILES string of the molecule is C=CPC1(C(CC)SNCCCC)CCCCC2CC2C1C=C. The zero-order chi connectivity index (χ0) is 16.7. The van der Waals surface area contributed by atoms with Crippen molar-refractivity contribution in [2.24, 2.45) is 17.8 Å². The van der Waals surface area contributed by atoms with Gasteiger partial charge in [0.2, 0.25) is 0 Å². The van der Waals surface area contributed by atoms with E-state index in [-0.39, 0.29) is 0 Å². The van der Waals surface area contributed by atoms with Gasteiger partial charge in [0.1, 0.15) is 0 Å². The van der Waals surface area contributed by atoms with Gasteiger partial charge in [-0.15, -0.1) is 6.58 Å². The van der Waals surface area contributed by atoms with Crippen molar-refractivity contribution in [2.45, 2.75) is 75.6 Å². The minimum Gasteiger partial charge on any atom is -0.264 e. The van der Waals surface area contributed by atoms with Gasteiger partial charge in [-0.25, -0.2) is 0 Å². The molecule has 23 heavy (non-hydrogen) atoms. The van der Waals surface area contributed by atoms with Crippen LogP contribution in [-0.4, -0.2) is 17.0 Å². The first kappa shape index (κ1) is 19.5. The monoisotopic (exact) mass is 353 g/mol. The first-order valence-electron chi connectivity index (χ1n) is 9.63. The van der Waals surface area contributed by atoms with Crippen molar-refractivity contribution in [3.05, 3.63) is 25.1 Å². The lowest BCUT2D eigenvalue weighted by molar-refractivity contribution is 0.314. The van der Waals surface area contributed by atoms with Crippen molar-refractivity contribution in [1.82, 2.24) is 4.72 Å². The fourth-order valence-corrected chi connectivity index (χ4v) is 7.70. The van der Waals surface area contributed by atoms with Crippen LogP contribution in [0.5, 0.6) is 0 Å². The highest BCUT2D eigenvalue weighted by atomic mass is 32.2. The molecule has 132 valence electrons. The normalized spacial score (nSPS) is 35.3. The Morgan fingerprint density at radius 3 is 2.83 bits per heavy atom. The van der Waals surface area contributed by atoms with E-state index in [0.29, 0.717) is 16.3 Å². The molecule has 6 atom stereocenters. The molecule has 3 heteroatoms. The maximum atomic E-state index is 4.28. The van der Waals surface area contributed by atoms with E-state index in [1.165, 1.54) is 51.4 Å². The molecule has 0 spiro atoms. The van der Waals surface area contributed by atoms with Crippen LogP contribution in [0, 0.1) is 17.8 Å². The first-order chi connectivity index (χ1) is 11.2. The van der Waals surface area contributed by atoms with Crippen LogP contribution in [0.15, 0.2) is 25.1 Å². The molecule has 0 aliphatic heterocycles. The Morgan fingerprint density at radius 2 is 2.17 bits per heavy atom. The minimum absolute atomic E-state index is 0.391. The van der Waals surface area contributed by atoms with Crippen molar-refractivity contribution >= 4 is 20.5 Å². The fourth-order valence-electron chi connectivity index (χ4n) is 4.59. The van der Waals surface area contributed by atoms with Crippen LogP contribution in [0.4, 0.5) is 0 Å². The van der Waals surface area contributed by atoms with Gasteiger partial charge in [-0.05, 0) is 43.4 Å². The van der Waals surface area contributed by atoms with E-state index in [2.05, 4.69) is 43.6 Å². The Hall–Kier alpha value is 0.220. The summed E-state index contributed by atoms with van der Waals surface area (Å²) in [6, 6.07) is 0. The molecule has 6 unspecified atom stereocenters. The van der Waals surface area contributed by atoms with E-state index in [4.69, 9.17) is 0 Å². The van der Waals surface area contributed by atoms with Crippen LogP contribution in [0.2, 0.25) is 0 Å². The van der Waals surface area contributed by atoms with Crippen molar-refractivity contribution in [2.75, 3.05) is 6.54 Å². The van der Waals surface area contributed by atoms with E-state index in [0.717, 1.165) is 27.0 Å². The van der Waals surface area contributed by atoms with Gasteiger partial charge in [-0.3, -0.25) is 4.72 Å². The second-order valence-corrected chi connectivity index (χ2v) is 10.0. The molecule has 0 aromatic carbocycles. The summed E-state index contributed by atoms with van der Waals surface area (Å²) in [6.45, 7) is 14.2. The number of hydrogen-bond acceptors (Lipinski definition) is 2. The molecule has 2 saturated carbocycles. The van der Waals surface area contributed by atoms with Gasteiger partial charge in [0.25, 0.3) is 0 Å². The van der Waals surface area contributed by atoms with E-state index in [1.54, 1.807) is 0 Å². The number of rotatable bonds is 10. The van der Waals surface area contributed by atoms with Gasteiger partial charge in [0, 0.05) is 17.0 Å². The molecule has 0 amide bonds. The molecule has 0 bridgehead atoms. The standard InChI is InChI=1S/C20H36NPS/c1-5-9-14-21-23-19(7-3)20(22-8-4)13-11-10-12-16-15-17(16)18(20)6-2/h6,8,16-19,21-22H,2,4-5,7,9-15H2,1,3H3. The molecule has 2 rings (SSSR count). The van der Waals surface area contributed by atoms with E-state index < -0.39 is 0 Å². The molecule has 2 fully saturated rings. The topological polar surface area (TPSA) is 12.0 Å². The number of hydrogen-bond donors (Lipinski definition) is 1. The Balaban J connectivity index is 2.17. The molecule has 0 aromatic rings. The molecular formula is C20H36NPS. The van der Waals surface area contributed by atoms with Gasteiger partial charge in [0.15, 0.2) is 0 Å². The largest absolute Gasteiger partial charge is 0.264 e. The van der Waals surface area contributed by atoms with Crippen molar-refractivity contribution in [1.29, 1.82) is 0 Å². The van der Waals surface area contributed by atoms with Crippen molar-refractivity contribution < 1.29 is 0 Å². The fraction of sp³-hybridized carbons (Fsp3) is 0.800. The van der Waals surface area contributed by atoms with Crippen LogP contribution >= 0.6 is 20.5 Å². The van der Waals surface area contributed by atoms with Crippen molar-refractivity contribution in [3.63, 3.8) is 0 Å². The summed E-state index contributed by atoms with van der Waals surface area (Å²) in [5, 5.41) is 1.07. The van der Waals surface area contributed by atoms with E-state index in [1.807, 2.05) is 11.9 Å². The third-order valence-corrected chi connectivity index (χ3v) is 9.17. The Bertz CT molecular complexity index is 386. The maximum Gasteiger partial charge on any atom is 0.0292 e. The molecule has 2 aliphatic carbocycles. The molecule has 0 saturated heterocycles. The molecule has 2 aliphatic rings. The Kier molecular flexibility index (Phi) is 8.19. The molecule has 0 heterocycles. The number of allylic oxidation sites excluding steroid dienone is 1.